The van der Waals surface area contributed by atoms with Crippen LogP contribution in [0.3, 0.4) is 0 Å². The zero-order chi connectivity index (χ0) is 20.0. The smallest absolute Gasteiger partial charge is 0.228 e. The maximum Gasteiger partial charge on any atom is 0.228 e. The molecule has 1 aromatic heterocycles. The van der Waals surface area contributed by atoms with E-state index in [1.54, 1.807) is 30.5 Å². The van der Waals surface area contributed by atoms with E-state index in [0.29, 0.717) is 11.6 Å². The summed E-state index contributed by atoms with van der Waals surface area (Å²) in [5.74, 6) is -0.118. The van der Waals surface area contributed by atoms with Gasteiger partial charge in [0.05, 0.1) is 5.52 Å². The molecule has 0 aliphatic heterocycles. The molecule has 5 heteroatoms. The van der Waals surface area contributed by atoms with Gasteiger partial charge < -0.3 is 5.32 Å². The molecular weight excluding hydrogens is 370 g/mol. The standard InChI is InChI=1S/C24H22F2N2O/c25-16-1-4-18(5-2-16)28-23(29)21-14-24(21)10-7-15(8-11-24)19-9-12-27-22-6-3-17(26)13-20(19)22/h1-6,9,12-13,15,21H,7-8,10-11,14H2,(H,28,29)/t15-,21-,24+/m1/s1. The number of carbonyl (C=O) groups excluding carboxylic acids is 1. The van der Waals surface area contributed by atoms with Crippen LogP contribution >= 0.6 is 0 Å². The van der Waals surface area contributed by atoms with Gasteiger partial charge in [-0.1, -0.05) is 0 Å². The normalized spacial score (nSPS) is 25.9. The Morgan fingerprint density at radius 2 is 1.72 bits per heavy atom. The fourth-order valence-electron chi connectivity index (χ4n) is 5.03. The van der Waals surface area contributed by atoms with Gasteiger partial charge in [-0.2, -0.15) is 0 Å². The summed E-state index contributed by atoms with van der Waals surface area (Å²) in [6.07, 6.45) is 6.71. The van der Waals surface area contributed by atoms with Gasteiger partial charge >= 0.3 is 0 Å². The molecule has 2 fully saturated rings. The van der Waals surface area contributed by atoms with Crippen molar-refractivity contribution in [3.8, 4) is 0 Å². The summed E-state index contributed by atoms with van der Waals surface area (Å²) < 4.78 is 26.8. The first-order valence-electron chi connectivity index (χ1n) is 10.1. The predicted octanol–water partition coefficient (Wildman–Crippen LogP) is 5.82. The van der Waals surface area contributed by atoms with E-state index in [2.05, 4.69) is 10.3 Å². The average Bonchev–Trinajstić information content (AvgIpc) is 3.43. The van der Waals surface area contributed by atoms with E-state index in [0.717, 1.165) is 48.6 Å². The number of hydrogen-bond acceptors (Lipinski definition) is 2. The van der Waals surface area contributed by atoms with Gasteiger partial charge in [0.2, 0.25) is 5.91 Å². The van der Waals surface area contributed by atoms with Crippen LogP contribution in [0.15, 0.2) is 54.7 Å². The van der Waals surface area contributed by atoms with Crippen molar-refractivity contribution in [2.45, 2.75) is 38.0 Å². The van der Waals surface area contributed by atoms with Gasteiger partial charge in [0, 0.05) is 23.2 Å². The quantitative estimate of drug-likeness (QED) is 0.611. The van der Waals surface area contributed by atoms with E-state index in [1.165, 1.54) is 18.2 Å². The predicted molar refractivity (Wildman–Crippen MR) is 108 cm³/mol. The van der Waals surface area contributed by atoms with Crippen molar-refractivity contribution >= 4 is 22.5 Å². The van der Waals surface area contributed by atoms with Gasteiger partial charge in [-0.3, -0.25) is 9.78 Å². The van der Waals surface area contributed by atoms with Gasteiger partial charge in [-0.15, -0.1) is 0 Å². The summed E-state index contributed by atoms with van der Waals surface area (Å²) in [5.41, 5.74) is 2.72. The number of halogens is 2. The molecule has 1 heterocycles. The third kappa shape index (κ3) is 3.39. The molecule has 148 valence electrons. The van der Waals surface area contributed by atoms with Crippen molar-refractivity contribution in [1.29, 1.82) is 0 Å². The first-order chi connectivity index (χ1) is 14.0. The van der Waals surface area contributed by atoms with Crippen LogP contribution in [0.1, 0.15) is 43.6 Å². The van der Waals surface area contributed by atoms with Crippen molar-refractivity contribution in [1.82, 2.24) is 4.98 Å². The molecular formula is C24H22F2N2O. The van der Waals surface area contributed by atoms with Crippen molar-refractivity contribution < 1.29 is 13.6 Å². The summed E-state index contributed by atoms with van der Waals surface area (Å²) in [5, 5.41) is 3.82. The minimum absolute atomic E-state index is 0.0279. The zero-order valence-electron chi connectivity index (χ0n) is 16.0. The molecule has 0 radical (unpaired) electrons. The highest BCUT2D eigenvalue weighted by atomic mass is 19.1. The monoisotopic (exact) mass is 392 g/mol. The Morgan fingerprint density at radius 3 is 2.48 bits per heavy atom. The Bertz CT molecular complexity index is 1070. The lowest BCUT2D eigenvalue weighted by Gasteiger charge is -2.30. The lowest BCUT2D eigenvalue weighted by atomic mass is 9.75. The molecule has 0 unspecified atom stereocenters. The molecule has 1 amide bonds. The Morgan fingerprint density at radius 1 is 1.00 bits per heavy atom. The summed E-state index contributed by atoms with van der Waals surface area (Å²) in [7, 11) is 0. The minimum Gasteiger partial charge on any atom is -0.326 e. The molecule has 2 saturated carbocycles. The number of rotatable bonds is 3. The largest absolute Gasteiger partial charge is 0.326 e. The summed E-state index contributed by atoms with van der Waals surface area (Å²) in [6, 6.07) is 12.7. The molecule has 3 nitrogen and oxygen atoms in total. The second-order valence-electron chi connectivity index (χ2n) is 8.45. The molecule has 0 saturated heterocycles. The van der Waals surface area contributed by atoms with Gasteiger partial charge in [0.15, 0.2) is 0 Å². The lowest BCUT2D eigenvalue weighted by molar-refractivity contribution is -0.118. The Labute approximate surface area is 168 Å². The van der Waals surface area contributed by atoms with Gasteiger partial charge in [0.1, 0.15) is 11.6 Å². The molecule has 29 heavy (non-hydrogen) atoms. The summed E-state index contributed by atoms with van der Waals surface area (Å²) in [6.45, 7) is 0. The Balaban J connectivity index is 1.26. The highest BCUT2D eigenvalue weighted by Gasteiger charge is 2.58. The van der Waals surface area contributed by atoms with Gasteiger partial charge in [-0.05, 0) is 97.5 Å². The van der Waals surface area contributed by atoms with E-state index >= 15 is 0 Å². The maximum atomic E-state index is 13.8. The maximum absolute atomic E-state index is 13.8. The van der Waals surface area contributed by atoms with Gasteiger partial charge in [0.25, 0.3) is 0 Å². The first-order valence-corrected chi connectivity index (χ1v) is 10.1. The van der Waals surface area contributed by atoms with Crippen LogP contribution in [-0.4, -0.2) is 10.9 Å². The van der Waals surface area contributed by atoms with Crippen LogP contribution in [-0.2, 0) is 4.79 Å². The van der Waals surface area contributed by atoms with Crippen molar-refractivity contribution in [2.24, 2.45) is 11.3 Å². The number of pyridine rings is 1. The topological polar surface area (TPSA) is 42.0 Å². The molecule has 1 atom stereocenters. The lowest BCUT2D eigenvalue weighted by Crippen LogP contribution is -2.22. The average molecular weight is 392 g/mol. The van der Waals surface area contributed by atoms with Crippen molar-refractivity contribution in [3.63, 3.8) is 0 Å². The molecule has 2 aliphatic rings. The van der Waals surface area contributed by atoms with E-state index < -0.39 is 0 Å². The third-order valence-corrected chi connectivity index (χ3v) is 6.78. The van der Waals surface area contributed by atoms with Gasteiger partial charge in [-0.25, -0.2) is 8.78 Å². The number of carbonyl (C=O) groups is 1. The Kier molecular flexibility index (Phi) is 4.34. The number of hydrogen-bond donors (Lipinski definition) is 1. The second kappa shape index (κ2) is 6.90. The molecule has 2 aliphatic carbocycles. The van der Waals surface area contributed by atoms with E-state index in [9.17, 15) is 13.6 Å². The van der Waals surface area contributed by atoms with Crippen LogP contribution in [0.25, 0.3) is 10.9 Å². The minimum atomic E-state index is -0.312. The molecule has 1 N–H and O–H groups in total. The van der Waals surface area contributed by atoms with Crippen molar-refractivity contribution in [3.05, 3.63) is 71.9 Å². The highest BCUT2D eigenvalue weighted by molar-refractivity contribution is 5.95. The van der Waals surface area contributed by atoms with Crippen LogP contribution in [0.2, 0.25) is 0 Å². The number of amides is 1. The molecule has 2 aromatic carbocycles. The SMILES string of the molecule is O=C(Nc1ccc(F)cc1)[C@H]1C[C@]12CC[C@H](c1ccnc3ccc(F)cc31)CC2. The van der Waals surface area contributed by atoms with E-state index in [4.69, 9.17) is 0 Å². The fourth-order valence-corrected chi connectivity index (χ4v) is 5.03. The molecule has 3 aromatic rings. The Hall–Kier alpha value is -2.82. The fraction of sp³-hybridized carbons (Fsp3) is 0.333. The molecule has 0 bridgehead atoms. The van der Waals surface area contributed by atoms with Crippen molar-refractivity contribution in [2.75, 3.05) is 5.32 Å². The highest BCUT2D eigenvalue weighted by Crippen LogP contribution is 2.63. The van der Waals surface area contributed by atoms with Crippen LogP contribution < -0.4 is 5.32 Å². The summed E-state index contributed by atoms with van der Waals surface area (Å²) in [4.78, 5) is 17.0. The van der Waals surface area contributed by atoms with Crippen LogP contribution in [0.5, 0.6) is 0 Å². The van der Waals surface area contributed by atoms with E-state index in [1.807, 2.05) is 6.07 Å². The van der Waals surface area contributed by atoms with E-state index in [-0.39, 0.29) is 28.9 Å². The number of fused-ring (bicyclic) bond motifs is 1. The first kappa shape index (κ1) is 18.2. The van der Waals surface area contributed by atoms with Crippen LogP contribution in [0, 0.1) is 23.0 Å². The number of nitrogens with zero attached hydrogens (tertiary/aromatic N) is 1. The summed E-state index contributed by atoms with van der Waals surface area (Å²) >= 11 is 0. The van der Waals surface area contributed by atoms with Crippen LogP contribution in [0.4, 0.5) is 14.5 Å². The number of aromatic nitrogens is 1. The number of anilines is 1. The zero-order valence-corrected chi connectivity index (χ0v) is 16.0. The second-order valence-corrected chi connectivity index (χ2v) is 8.45. The third-order valence-electron chi connectivity index (χ3n) is 6.78. The number of benzene rings is 2. The molecule has 1 spiro atoms. The molecule has 5 rings (SSSR count). The number of nitrogens with one attached hydrogen (secondary N) is 1.